The van der Waals surface area contributed by atoms with Gasteiger partial charge >= 0.3 is 0 Å². The predicted octanol–water partition coefficient (Wildman–Crippen LogP) is 2.39. The molecule has 0 spiro atoms. The van der Waals surface area contributed by atoms with Crippen molar-refractivity contribution in [2.24, 2.45) is 0 Å². The highest BCUT2D eigenvalue weighted by Crippen LogP contribution is 2.15. The van der Waals surface area contributed by atoms with Crippen LogP contribution in [0.2, 0.25) is 5.02 Å². The van der Waals surface area contributed by atoms with E-state index in [1.54, 1.807) is 0 Å². The molecule has 0 aromatic heterocycles. The number of hydrogen-bond acceptors (Lipinski definition) is 2. The molecule has 0 unspecified atom stereocenters. The molecular formula is C12H13ClFNO2. The van der Waals surface area contributed by atoms with Crippen LogP contribution in [0.25, 0.3) is 0 Å². The molecule has 1 amide bonds. The molecule has 1 N–H and O–H groups in total. The van der Waals surface area contributed by atoms with Gasteiger partial charge in [-0.05, 0) is 31.0 Å². The third kappa shape index (κ3) is 3.17. The lowest BCUT2D eigenvalue weighted by molar-refractivity contribution is 0.0854. The molecule has 17 heavy (non-hydrogen) atoms. The molecule has 1 saturated heterocycles. The van der Waals surface area contributed by atoms with Crippen molar-refractivity contribution in [1.82, 2.24) is 5.32 Å². The first-order valence-electron chi connectivity index (χ1n) is 5.51. The summed E-state index contributed by atoms with van der Waals surface area (Å²) in [7, 11) is 0. The summed E-state index contributed by atoms with van der Waals surface area (Å²) in [6.45, 7) is 1.14. The zero-order valence-corrected chi connectivity index (χ0v) is 9.97. The average Bonchev–Trinajstić information content (AvgIpc) is 2.82. The molecular weight excluding hydrogens is 245 g/mol. The van der Waals surface area contributed by atoms with E-state index in [9.17, 15) is 9.18 Å². The van der Waals surface area contributed by atoms with Crippen LogP contribution in [-0.2, 0) is 4.74 Å². The molecule has 0 radical (unpaired) electrons. The van der Waals surface area contributed by atoms with Crippen molar-refractivity contribution in [2.45, 2.75) is 18.9 Å². The van der Waals surface area contributed by atoms with Gasteiger partial charge in [-0.1, -0.05) is 11.6 Å². The maximum absolute atomic E-state index is 13.4. The predicted molar refractivity (Wildman–Crippen MR) is 62.7 cm³/mol. The minimum absolute atomic E-state index is 0.0319. The molecule has 1 aromatic rings. The van der Waals surface area contributed by atoms with Gasteiger partial charge < -0.3 is 10.1 Å². The van der Waals surface area contributed by atoms with E-state index in [4.69, 9.17) is 16.3 Å². The third-order valence-corrected chi connectivity index (χ3v) is 2.92. The van der Waals surface area contributed by atoms with Crippen LogP contribution in [-0.4, -0.2) is 25.2 Å². The number of halogens is 2. The molecule has 1 aromatic carbocycles. The molecule has 1 atom stereocenters. The molecule has 1 heterocycles. The second-order valence-corrected chi connectivity index (χ2v) is 4.41. The fourth-order valence-electron chi connectivity index (χ4n) is 1.78. The lowest BCUT2D eigenvalue weighted by Crippen LogP contribution is -2.32. The summed E-state index contributed by atoms with van der Waals surface area (Å²) in [5, 5.41) is 2.99. The Morgan fingerprint density at radius 1 is 1.59 bits per heavy atom. The van der Waals surface area contributed by atoms with Crippen LogP contribution in [0.5, 0.6) is 0 Å². The Hall–Kier alpha value is -1.13. The number of carbonyl (C=O) groups excluding carboxylic acids is 1. The van der Waals surface area contributed by atoms with Gasteiger partial charge in [0, 0.05) is 18.2 Å². The molecule has 1 aliphatic heterocycles. The van der Waals surface area contributed by atoms with Gasteiger partial charge in [-0.15, -0.1) is 0 Å². The minimum Gasteiger partial charge on any atom is -0.376 e. The smallest absolute Gasteiger partial charge is 0.254 e. The number of ether oxygens (including phenoxy) is 1. The van der Waals surface area contributed by atoms with Gasteiger partial charge in [0.1, 0.15) is 5.82 Å². The number of nitrogens with one attached hydrogen (secondary N) is 1. The monoisotopic (exact) mass is 257 g/mol. The number of carbonyl (C=O) groups is 1. The summed E-state index contributed by atoms with van der Waals surface area (Å²) in [6, 6.07) is 3.92. The quantitative estimate of drug-likeness (QED) is 0.903. The molecule has 2 rings (SSSR count). The first-order valence-corrected chi connectivity index (χ1v) is 5.89. The molecule has 3 nitrogen and oxygen atoms in total. The van der Waals surface area contributed by atoms with Crippen molar-refractivity contribution in [3.8, 4) is 0 Å². The van der Waals surface area contributed by atoms with Crippen LogP contribution in [0.4, 0.5) is 4.39 Å². The molecule has 0 bridgehead atoms. The Balaban J connectivity index is 1.96. The first-order chi connectivity index (χ1) is 8.16. The second kappa shape index (κ2) is 5.47. The summed E-state index contributed by atoms with van der Waals surface area (Å²) in [5.41, 5.74) is -0.0319. The first kappa shape index (κ1) is 12.3. The highest BCUT2D eigenvalue weighted by Gasteiger charge is 2.18. The Bertz CT molecular complexity index is 419. The lowest BCUT2D eigenvalue weighted by atomic mass is 10.2. The van der Waals surface area contributed by atoms with Crippen LogP contribution < -0.4 is 5.32 Å². The van der Waals surface area contributed by atoms with E-state index in [0.717, 1.165) is 19.4 Å². The molecule has 0 saturated carbocycles. The van der Waals surface area contributed by atoms with Crippen molar-refractivity contribution in [3.05, 3.63) is 34.6 Å². The normalized spacial score (nSPS) is 19.3. The van der Waals surface area contributed by atoms with Gasteiger partial charge in [0.25, 0.3) is 5.91 Å². The van der Waals surface area contributed by atoms with E-state index in [1.807, 2.05) is 0 Å². The molecule has 5 heteroatoms. The SMILES string of the molecule is O=C(NC[C@@H]1CCCO1)c1cc(Cl)ccc1F. The van der Waals surface area contributed by atoms with Crippen LogP contribution in [0.15, 0.2) is 18.2 Å². The topological polar surface area (TPSA) is 38.3 Å². The maximum atomic E-state index is 13.4. The minimum atomic E-state index is -0.570. The van der Waals surface area contributed by atoms with Crippen LogP contribution in [0.3, 0.4) is 0 Å². The van der Waals surface area contributed by atoms with Gasteiger partial charge in [-0.25, -0.2) is 4.39 Å². The van der Waals surface area contributed by atoms with Crippen molar-refractivity contribution < 1.29 is 13.9 Å². The Kier molecular flexibility index (Phi) is 3.97. The maximum Gasteiger partial charge on any atom is 0.254 e. The second-order valence-electron chi connectivity index (χ2n) is 3.97. The van der Waals surface area contributed by atoms with E-state index in [0.29, 0.717) is 11.6 Å². The summed E-state index contributed by atoms with van der Waals surface area (Å²) in [5.74, 6) is -1.03. The van der Waals surface area contributed by atoms with Gasteiger partial charge in [0.2, 0.25) is 0 Å². The van der Waals surface area contributed by atoms with Crippen molar-refractivity contribution >= 4 is 17.5 Å². The standard InChI is InChI=1S/C12H13ClFNO2/c13-8-3-4-11(14)10(6-8)12(16)15-7-9-2-1-5-17-9/h3-4,6,9H,1-2,5,7H2,(H,15,16)/t9-/m0/s1. The van der Waals surface area contributed by atoms with Crippen LogP contribution >= 0.6 is 11.6 Å². The van der Waals surface area contributed by atoms with Crippen LogP contribution in [0, 0.1) is 5.82 Å². The highest BCUT2D eigenvalue weighted by molar-refractivity contribution is 6.30. The molecule has 1 fully saturated rings. The zero-order valence-electron chi connectivity index (χ0n) is 9.21. The van der Waals surface area contributed by atoms with Crippen molar-refractivity contribution in [3.63, 3.8) is 0 Å². The van der Waals surface area contributed by atoms with Gasteiger partial charge in [0.15, 0.2) is 0 Å². The highest BCUT2D eigenvalue weighted by atomic mass is 35.5. The Labute approximate surface area is 104 Å². The third-order valence-electron chi connectivity index (χ3n) is 2.69. The molecule has 92 valence electrons. The fourth-order valence-corrected chi connectivity index (χ4v) is 1.95. The number of benzene rings is 1. The van der Waals surface area contributed by atoms with Gasteiger partial charge in [0.05, 0.1) is 11.7 Å². The zero-order chi connectivity index (χ0) is 12.3. The van der Waals surface area contributed by atoms with E-state index in [2.05, 4.69) is 5.32 Å². The van der Waals surface area contributed by atoms with Crippen LogP contribution in [0.1, 0.15) is 23.2 Å². The van der Waals surface area contributed by atoms with Gasteiger partial charge in [-0.3, -0.25) is 4.79 Å². The Morgan fingerprint density at radius 3 is 3.12 bits per heavy atom. The summed E-state index contributed by atoms with van der Waals surface area (Å²) in [4.78, 5) is 11.7. The van der Waals surface area contributed by atoms with Crippen molar-refractivity contribution in [1.29, 1.82) is 0 Å². The van der Waals surface area contributed by atoms with E-state index in [-0.39, 0.29) is 11.7 Å². The summed E-state index contributed by atoms with van der Waals surface area (Å²) < 4.78 is 18.7. The fraction of sp³-hybridized carbons (Fsp3) is 0.417. The van der Waals surface area contributed by atoms with E-state index < -0.39 is 11.7 Å². The Morgan fingerprint density at radius 2 is 2.41 bits per heavy atom. The molecule has 0 aliphatic carbocycles. The summed E-state index contributed by atoms with van der Waals surface area (Å²) in [6.07, 6.45) is 1.98. The number of amides is 1. The summed E-state index contributed by atoms with van der Waals surface area (Å²) >= 11 is 5.72. The lowest BCUT2D eigenvalue weighted by Gasteiger charge is -2.11. The van der Waals surface area contributed by atoms with Crippen molar-refractivity contribution in [2.75, 3.05) is 13.2 Å². The average molecular weight is 258 g/mol. The van der Waals surface area contributed by atoms with E-state index in [1.165, 1.54) is 18.2 Å². The number of hydrogen-bond donors (Lipinski definition) is 1. The van der Waals surface area contributed by atoms with E-state index >= 15 is 0 Å². The molecule has 1 aliphatic rings. The number of rotatable bonds is 3. The van der Waals surface area contributed by atoms with Gasteiger partial charge in [-0.2, -0.15) is 0 Å². The largest absolute Gasteiger partial charge is 0.376 e.